The number of rotatable bonds is 8. The zero-order valence-electron chi connectivity index (χ0n) is 20.4. The minimum Gasteiger partial charge on any atom is -0.490 e. The Hall–Kier alpha value is -3.36. The monoisotopic (exact) mass is 483 g/mol. The number of imide groups is 2. The molecule has 0 saturated carbocycles. The van der Waals surface area contributed by atoms with E-state index in [9.17, 15) is 19.2 Å². The van der Waals surface area contributed by atoms with E-state index in [1.165, 1.54) is 5.57 Å². The molecule has 188 valence electrons. The standard InChI is InChI=1S/C26H33N3O6/c1-17(2)23(19-9-10-20-21(15-19)35-14-6-13-34-20)27-22(30)16-29-25(32)24(31)28(26(29)33)12-11-18-7-4-3-5-8-18/h7,9-10,15,17,23H,3-6,8,11-14,16H2,1-2H3,(H,27,30). The number of amides is 5. The second-order valence-electron chi connectivity index (χ2n) is 9.53. The average molecular weight is 484 g/mol. The summed E-state index contributed by atoms with van der Waals surface area (Å²) in [7, 11) is 0. The maximum absolute atomic E-state index is 12.9. The maximum atomic E-state index is 12.9. The lowest BCUT2D eigenvalue weighted by atomic mass is 9.95. The first-order chi connectivity index (χ1) is 16.8. The fourth-order valence-corrected chi connectivity index (χ4v) is 4.65. The molecule has 9 nitrogen and oxygen atoms in total. The van der Waals surface area contributed by atoms with Crippen molar-refractivity contribution in [2.75, 3.05) is 26.3 Å². The third-order valence-electron chi connectivity index (χ3n) is 6.59. The van der Waals surface area contributed by atoms with Crippen LogP contribution >= 0.6 is 0 Å². The summed E-state index contributed by atoms with van der Waals surface area (Å²) in [5.41, 5.74) is 2.03. The van der Waals surface area contributed by atoms with Gasteiger partial charge in [-0.15, -0.1) is 0 Å². The quantitative estimate of drug-likeness (QED) is 0.345. The van der Waals surface area contributed by atoms with E-state index in [-0.39, 0.29) is 18.5 Å². The molecular weight excluding hydrogens is 450 g/mol. The van der Waals surface area contributed by atoms with Crippen LogP contribution in [-0.4, -0.2) is 59.9 Å². The molecule has 1 atom stereocenters. The number of hydrogen-bond donors (Lipinski definition) is 1. The minimum atomic E-state index is -0.959. The van der Waals surface area contributed by atoms with Gasteiger partial charge < -0.3 is 14.8 Å². The predicted molar refractivity (Wildman–Crippen MR) is 128 cm³/mol. The highest BCUT2D eigenvalue weighted by atomic mass is 16.5. The molecule has 1 saturated heterocycles. The van der Waals surface area contributed by atoms with Crippen LogP contribution in [0.15, 0.2) is 29.8 Å². The molecule has 5 amide bonds. The number of benzene rings is 1. The molecule has 1 aromatic carbocycles. The number of nitrogens with one attached hydrogen (secondary N) is 1. The number of carbonyl (C=O) groups is 4. The van der Waals surface area contributed by atoms with E-state index in [0.717, 1.165) is 47.5 Å². The van der Waals surface area contributed by atoms with Crippen molar-refractivity contribution in [3.63, 3.8) is 0 Å². The summed E-state index contributed by atoms with van der Waals surface area (Å²) < 4.78 is 11.4. The number of carbonyl (C=O) groups excluding carboxylic acids is 4. The number of hydrogen-bond acceptors (Lipinski definition) is 6. The summed E-state index contributed by atoms with van der Waals surface area (Å²) in [6, 6.07) is 4.43. The van der Waals surface area contributed by atoms with Crippen LogP contribution in [0.25, 0.3) is 0 Å². The molecule has 2 aliphatic heterocycles. The Bertz CT molecular complexity index is 1030. The summed E-state index contributed by atoms with van der Waals surface area (Å²) in [5, 5.41) is 2.92. The van der Waals surface area contributed by atoms with Gasteiger partial charge in [-0.25, -0.2) is 9.69 Å². The van der Waals surface area contributed by atoms with E-state index in [1.54, 1.807) is 0 Å². The van der Waals surface area contributed by atoms with E-state index in [0.29, 0.717) is 31.1 Å². The Balaban J connectivity index is 1.40. The number of fused-ring (bicyclic) bond motifs is 1. The van der Waals surface area contributed by atoms with E-state index in [4.69, 9.17) is 9.47 Å². The molecule has 0 spiro atoms. The normalized spacial score (nSPS) is 19.1. The Kier molecular flexibility index (Phi) is 7.73. The van der Waals surface area contributed by atoms with Crippen molar-refractivity contribution in [3.05, 3.63) is 35.4 Å². The van der Waals surface area contributed by atoms with Gasteiger partial charge in [-0.05, 0) is 55.7 Å². The van der Waals surface area contributed by atoms with Gasteiger partial charge in [0.25, 0.3) is 0 Å². The Morgan fingerprint density at radius 2 is 1.74 bits per heavy atom. The lowest BCUT2D eigenvalue weighted by Gasteiger charge is -2.25. The van der Waals surface area contributed by atoms with Gasteiger partial charge in [0.05, 0.1) is 19.3 Å². The van der Waals surface area contributed by atoms with E-state index < -0.39 is 30.3 Å². The number of ether oxygens (including phenoxy) is 2. The highest BCUT2D eigenvalue weighted by molar-refractivity contribution is 6.45. The first-order valence-electron chi connectivity index (χ1n) is 12.4. The maximum Gasteiger partial charge on any atom is 0.334 e. The van der Waals surface area contributed by atoms with E-state index in [1.807, 2.05) is 32.0 Å². The van der Waals surface area contributed by atoms with Gasteiger partial charge in [0.15, 0.2) is 11.5 Å². The summed E-state index contributed by atoms with van der Waals surface area (Å²) in [4.78, 5) is 52.3. The van der Waals surface area contributed by atoms with Gasteiger partial charge in [-0.3, -0.25) is 19.3 Å². The Morgan fingerprint density at radius 3 is 2.46 bits per heavy atom. The molecule has 0 bridgehead atoms. The van der Waals surface area contributed by atoms with Gasteiger partial charge >= 0.3 is 17.8 Å². The lowest BCUT2D eigenvalue weighted by Crippen LogP contribution is -2.43. The Morgan fingerprint density at radius 1 is 1.00 bits per heavy atom. The van der Waals surface area contributed by atoms with Gasteiger partial charge in [0, 0.05) is 13.0 Å². The molecule has 0 aromatic heterocycles. The average Bonchev–Trinajstić information content (AvgIpc) is 3.01. The summed E-state index contributed by atoms with van der Waals surface area (Å²) in [6.07, 6.45) is 7.70. The molecule has 35 heavy (non-hydrogen) atoms. The predicted octanol–water partition coefficient (Wildman–Crippen LogP) is 3.34. The van der Waals surface area contributed by atoms with Crippen LogP contribution in [-0.2, 0) is 14.4 Å². The second-order valence-corrected chi connectivity index (χ2v) is 9.53. The molecular formula is C26H33N3O6. The van der Waals surface area contributed by atoms with Crippen LogP contribution < -0.4 is 14.8 Å². The SMILES string of the molecule is CC(C)C(NC(=O)CN1C(=O)C(=O)N(CCC2=CCCCC2)C1=O)c1ccc2c(c1)OCCCO2. The molecule has 0 radical (unpaired) electrons. The van der Waals surface area contributed by atoms with Gasteiger partial charge in [-0.2, -0.15) is 0 Å². The third kappa shape index (κ3) is 5.66. The minimum absolute atomic E-state index is 0.0237. The summed E-state index contributed by atoms with van der Waals surface area (Å²) >= 11 is 0. The van der Waals surface area contributed by atoms with Crippen molar-refractivity contribution in [3.8, 4) is 11.5 Å². The molecule has 9 heteroatoms. The molecule has 1 aliphatic carbocycles. The van der Waals surface area contributed by atoms with Crippen molar-refractivity contribution in [2.45, 2.75) is 58.4 Å². The van der Waals surface area contributed by atoms with Crippen LogP contribution in [0.1, 0.15) is 64.0 Å². The van der Waals surface area contributed by atoms with E-state index >= 15 is 0 Å². The van der Waals surface area contributed by atoms with Crippen LogP contribution in [0.4, 0.5) is 4.79 Å². The molecule has 4 rings (SSSR count). The molecule has 1 unspecified atom stereocenters. The van der Waals surface area contributed by atoms with Crippen molar-refractivity contribution in [2.24, 2.45) is 5.92 Å². The smallest absolute Gasteiger partial charge is 0.334 e. The largest absolute Gasteiger partial charge is 0.490 e. The molecule has 1 aromatic rings. The van der Waals surface area contributed by atoms with Crippen LogP contribution in [0, 0.1) is 5.92 Å². The molecule has 1 N–H and O–H groups in total. The fraction of sp³-hybridized carbons (Fsp3) is 0.538. The van der Waals surface area contributed by atoms with Crippen LogP contribution in [0.5, 0.6) is 11.5 Å². The first-order valence-corrected chi connectivity index (χ1v) is 12.4. The van der Waals surface area contributed by atoms with Gasteiger partial charge in [0.1, 0.15) is 6.54 Å². The second kappa shape index (κ2) is 10.9. The van der Waals surface area contributed by atoms with Gasteiger partial charge in [0.2, 0.25) is 5.91 Å². The number of allylic oxidation sites excluding steroid dienone is 1. The third-order valence-corrected chi connectivity index (χ3v) is 6.59. The van der Waals surface area contributed by atoms with Crippen molar-refractivity contribution < 1.29 is 28.7 Å². The fourth-order valence-electron chi connectivity index (χ4n) is 4.65. The topological polar surface area (TPSA) is 105 Å². The zero-order valence-corrected chi connectivity index (χ0v) is 20.4. The first kappa shape index (κ1) is 24.8. The van der Waals surface area contributed by atoms with Crippen LogP contribution in [0.3, 0.4) is 0 Å². The van der Waals surface area contributed by atoms with Crippen molar-refractivity contribution in [1.29, 1.82) is 0 Å². The van der Waals surface area contributed by atoms with Crippen LogP contribution in [0.2, 0.25) is 0 Å². The molecule has 1 fully saturated rings. The molecule has 2 heterocycles. The highest BCUT2D eigenvalue weighted by Crippen LogP contribution is 2.34. The zero-order chi connectivity index (χ0) is 24.9. The van der Waals surface area contributed by atoms with Crippen molar-refractivity contribution in [1.82, 2.24) is 15.1 Å². The number of urea groups is 1. The lowest BCUT2D eigenvalue weighted by molar-refractivity contribution is -0.144. The van der Waals surface area contributed by atoms with Crippen molar-refractivity contribution >= 4 is 23.8 Å². The van der Waals surface area contributed by atoms with E-state index in [2.05, 4.69) is 11.4 Å². The summed E-state index contributed by atoms with van der Waals surface area (Å²) in [6.45, 7) is 4.71. The highest BCUT2D eigenvalue weighted by Gasteiger charge is 2.45. The van der Waals surface area contributed by atoms with Gasteiger partial charge in [-0.1, -0.05) is 31.6 Å². The Labute approximate surface area is 205 Å². The molecule has 3 aliphatic rings. The number of nitrogens with zero attached hydrogens (tertiary/aromatic N) is 2. The summed E-state index contributed by atoms with van der Waals surface area (Å²) in [5.74, 6) is -1.03.